The second-order valence-electron chi connectivity index (χ2n) is 8.42. The molecule has 1 N–H and O–H groups in total. The van der Waals surface area contributed by atoms with Crippen LogP contribution in [0, 0.1) is 0 Å². The van der Waals surface area contributed by atoms with Crippen molar-refractivity contribution in [2.24, 2.45) is 0 Å². The SMILES string of the molecule is CCOc1ccsc1C(=O)N1CCC2(CC1)Nc1ccccc1C(=O)N2Cc1ccccc1. The first-order valence-electron chi connectivity index (χ1n) is 11.3. The van der Waals surface area contributed by atoms with Gasteiger partial charge in [-0.3, -0.25) is 9.59 Å². The van der Waals surface area contributed by atoms with Crippen molar-refractivity contribution in [3.8, 4) is 5.75 Å². The van der Waals surface area contributed by atoms with E-state index in [1.807, 2.05) is 82.8 Å². The van der Waals surface area contributed by atoms with E-state index in [0.29, 0.717) is 55.3 Å². The van der Waals surface area contributed by atoms with Gasteiger partial charge in [0, 0.05) is 38.2 Å². The molecule has 1 saturated heterocycles. The second kappa shape index (κ2) is 8.90. The number of nitrogens with zero attached hydrogens (tertiary/aromatic N) is 2. The van der Waals surface area contributed by atoms with Crippen molar-refractivity contribution in [3.05, 3.63) is 82.0 Å². The van der Waals surface area contributed by atoms with Gasteiger partial charge in [0.15, 0.2) is 0 Å². The van der Waals surface area contributed by atoms with Crippen molar-refractivity contribution < 1.29 is 14.3 Å². The van der Waals surface area contributed by atoms with Crippen LogP contribution in [0.5, 0.6) is 5.75 Å². The Kier molecular flexibility index (Phi) is 5.81. The molecular weight excluding hydrogens is 434 g/mol. The quantitative estimate of drug-likeness (QED) is 0.590. The number of fused-ring (bicyclic) bond motifs is 1. The molecule has 7 heteroatoms. The Morgan fingerprint density at radius 2 is 1.79 bits per heavy atom. The van der Waals surface area contributed by atoms with Gasteiger partial charge in [-0.2, -0.15) is 0 Å². The minimum absolute atomic E-state index is 0.000412. The first kappa shape index (κ1) is 21.5. The average Bonchev–Trinajstić information content (AvgIpc) is 3.31. The summed E-state index contributed by atoms with van der Waals surface area (Å²) in [5, 5.41) is 5.58. The number of nitrogens with one attached hydrogen (secondary N) is 1. The number of rotatable bonds is 5. The summed E-state index contributed by atoms with van der Waals surface area (Å²) < 4.78 is 5.63. The molecular formula is C26H27N3O3S. The lowest BCUT2D eigenvalue weighted by molar-refractivity contribution is 0.0229. The van der Waals surface area contributed by atoms with Crippen molar-refractivity contribution in [1.29, 1.82) is 0 Å². The lowest BCUT2D eigenvalue weighted by Gasteiger charge is -2.52. The van der Waals surface area contributed by atoms with Crippen LogP contribution < -0.4 is 10.1 Å². The number of ether oxygens (including phenoxy) is 1. The Labute approximate surface area is 197 Å². The van der Waals surface area contributed by atoms with Crippen LogP contribution in [0.1, 0.15) is 45.4 Å². The number of carbonyl (C=O) groups excluding carboxylic acids is 2. The molecule has 0 atom stereocenters. The summed E-state index contributed by atoms with van der Waals surface area (Å²) in [6.07, 6.45) is 1.31. The van der Waals surface area contributed by atoms with E-state index in [4.69, 9.17) is 4.74 Å². The molecule has 3 aromatic rings. The Morgan fingerprint density at radius 3 is 2.55 bits per heavy atom. The summed E-state index contributed by atoms with van der Waals surface area (Å²) in [5.41, 5.74) is 2.11. The number of amides is 2. The zero-order chi connectivity index (χ0) is 22.8. The fraction of sp³-hybridized carbons (Fsp3) is 0.308. The molecule has 6 nitrogen and oxygen atoms in total. The van der Waals surface area contributed by atoms with Gasteiger partial charge in [-0.05, 0) is 36.1 Å². The summed E-state index contributed by atoms with van der Waals surface area (Å²) in [6, 6.07) is 19.6. The highest BCUT2D eigenvalue weighted by Gasteiger charge is 2.47. The maximum absolute atomic E-state index is 13.6. The van der Waals surface area contributed by atoms with E-state index in [0.717, 1.165) is 11.3 Å². The first-order chi connectivity index (χ1) is 16.1. The minimum Gasteiger partial charge on any atom is -0.492 e. The summed E-state index contributed by atoms with van der Waals surface area (Å²) in [6.45, 7) is 4.10. The Balaban J connectivity index is 1.41. The fourth-order valence-electron chi connectivity index (χ4n) is 4.77. The molecule has 0 unspecified atom stereocenters. The Morgan fingerprint density at radius 1 is 1.06 bits per heavy atom. The summed E-state index contributed by atoms with van der Waals surface area (Å²) in [5.74, 6) is 0.684. The molecule has 2 aliphatic heterocycles. The lowest BCUT2D eigenvalue weighted by Crippen LogP contribution is -2.64. The minimum atomic E-state index is -0.531. The third-order valence-electron chi connectivity index (χ3n) is 6.47. The van der Waals surface area contributed by atoms with Gasteiger partial charge in [0.2, 0.25) is 0 Å². The number of benzene rings is 2. The maximum atomic E-state index is 13.6. The van der Waals surface area contributed by atoms with Crippen LogP contribution >= 0.6 is 11.3 Å². The van der Waals surface area contributed by atoms with Gasteiger partial charge in [-0.1, -0.05) is 42.5 Å². The van der Waals surface area contributed by atoms with E-state index < -0.39 is 5.66 Å². The van der Waals surface area contributed by atoms with Crippen LogP contribution in [0.2, 0.25) is 0 Å². The van der Waals surface area contributed by atoms with E-state index >= 15 is 0 Å². The smallest absolute Gasteiger partial charge is 0.267 e. The molecule has 0 saturated carbocycles. The molecule has 1 aromatic heterocycles. The molecule has 2 aliphatic rings. The number of likely N-dealkylation sites (tertiary alicyclic amines) is 1. The average molecular weight is 462 g/mol. The number of para-hydroxylation sites is 1. The highest BCUT2D eigenvalue weighted by atomic mass is 32.1. The van der Waals surface area contributed by atoms with Crippen molar-refractivity contribution >= 4 is 28.8 Å². The Bertz CT molecular complexity index is 1150. The standard InChI is InChI=1S/C26H27N3O3S/c1-2-32-22-12-17-33-23(22)25(31)28-15-13-26(14-16-28)27-21-11-7-6-10-20(21)24(30)29(26)18-19-8-4-3-5-9-19/h3-12,17,27H,2,13-16,18H2,1H3. The number of hydrogen-bond acceptors (Lipinski definition) is 5. The van der Waals surface area contributed by atoms with Crippen LogP contribution in [0.3, 0.4) is 0 Å². The summed E-state index contributed by atoms with van der Waals surface area (Å²) in [7, 11) is 0. The zero-order valence-corrected chi connectivity index (χ0v) is 19.4. The van der Waals surface area contributed by atoms with Gasteiger partial charge in [-0.25, -0.2) is 0 Å². The number of anilines is 1. The van der Waals surface area contributed by atoms with Gasteiger partial charge in [0.25, 0.3) is 11.8 Å². The second-order valence-corrected chi connectivity index (χ2v) is 9.33. The number of carbonyl (C=O) groups is 2. The van der Waals surface area contributed by atoms with E-state index in [9.17, 15) is 9.59 Å². The predicted octanol–water partition coefficient (Wildman–Crippen LogP) is 4.85. The van der Waals surface area contributed by atoms with Crippen molar-refractivity contribution in [1.82, 2.24) is 9.80 Å². The third kappa shape index (κ3) is 3.97. The molecule has 1 spiro atoms. The van der Waals surface area contributed by atoms with Gasteiger partial charge >= 0.3 is 0 Å². The summed E-state index contributed by atoms with van der Waals surface area (Å²) in [4.78, 5) is 31.3. The van der Waals surface area contributed by atoms with Crippen molar-refractivity contribution in [3.63, 3.8) is 0 Å². The van der Waals surface area contributed by atoms with Crippen LogP contribution in [0.15, 0.2) is 66.0 Å². The zero-order valence-electron chi connectivity index (χ0n) is 18.6. The van der Waals surface area contributed by atoms with Crippen LogP contribution in [-0.2, 0) is 6.54 Å². The predicted molar refractivity (Wildman–Crippen MR) is 130 cm³/mol. The van der Waals surface area contributed by atoms with Gasteiger partial charge in [0.1, 0.15) is 16.3 Å². The van der Waals surface area contributed by atoms with E-state index in [2.05, 4.69) is 5.32 Å². The van der Waals surface area contributed by atoms with Crippen LogP contribution in [-0.4, -0.2) is 47.0 Å². The number of thiophene rings is 1. The highest BCUT2D eigenvalue weighted by Crippen LogP contribution is 2.39. The molecule has 0 aliphatic carbocycles. The van der Waals surface area contributed by atoms with Crippen LogP contribution in [0.4, 0.5) is 5.69 Å². The molecule has 2 aromatic carbocycles. The molecule has 1 fully saturated rings. The molecule has 33 heavy (non-hydrogen) atoms. The molecule has 2 amide bonds. The van der Waals surface area contributed by atoms with E-state index in [1.54, 1.807) is 0 Å². The molecule has 0 bridgehead atoms. The van der Waals surface area contributed by atoms with Gasteiger partial charge in [0.05, 0.1) is 12.2 Å². The topological polar surface area (TPSA) is 61.9 Å². The largest absolute Gasteiger partial charge is 0.492 e. The maximum Gasteiger partial charge on any atom is 0.267 e. The van der Waals surface area contributed by atoms with Crippen molar-refractivity contribution in [2.45, 2.75) is 32.0 Å². The number of hydrogen-bond donors (Lipinski definition) is 1. The van der Waals surface area contributed by atoms with E-state index in [1.165, 1.54) is 11.3 Å². The molecule has 5 rings (SSSR count). The van der Waals surface area contributed by atoms with E-state index in [-0.39, 0.29) is 11.8 Å². The summed E-state index contributed by atoms with van der Waals surface area (Å²) >= 11 is 1.42. The number of piperidine rings is 1. The fourth-order valence-corrected chi connectivity index (χ4v) is 5.57. The Hall–Kier alpha value is -3.32. The van der Waals surface area contributed by atoms with Crippen LogP contribution in [0.25, 0.3) is 0 Å². The highest BCUT2D eigenvalue weighted by molar-refractivity contribution is 7.12. The molecule has 3 heterocycles. The van der Waals surface area contributed by atoms with Gasteiger partial charge < -0.3 is 19.9 Å². The van der Waals surface area contributed by atoms with Crippen molar-refractivity contribution in [2.75, 3.05) is 25.0 Å². The first-order valence-corrected chi connectivity index (χ1v) is 12.2. The molecule has 0 radical (unpaired) electrons. The van der Waals surface area contributed by atoms with Gasteiger partial charge in [-0.15, -0.1) is 11.3 Å². The third-order valence-corrected chi connectivity index (χ3v) is 7.35. The monoisotopic (exact) mass is 461 g/mol. The lowest BCUT2D eigenvalue weighted by atomic mass is 9.89. The normalized spacial score (nSPS) is 16.9. The molecule has 170 valence electrons.